The van der Waals surface area contributed by atoms with E-state index in [1.807, 2.05) is 0 Å². The molecule has 178 valence electrons. The van der Waals surface area contributed by atoms with Crippen molar-refractivity contribution in [3.63, 3.8) is 0 Å². The molecule has 0 spiro atoms. The lowest BCUT2D eigenvalue weighted by atomic mass is 10.1. The number of rotatable bonds is 4. The van der Waals surface area contributed by atoms with Gasteiger partial charge in [0.25, 0.3) is 17.2 Å². The van der Waals surface area contributed by atoms with Crippen LogP contribution < -0.4 is 10.9 Å². The molecule has 1 aliphatic rings. The highest BCUT2D eigenvalue weighted by atomic mass is 16.6. The first-order valence-electron chi connectivity index (χ1n) is 11.6. The molecule has 1 amide bonds. The van der Waals surface area contributed by atoms with Gasteiger partial charge in [0.05, 0.1) is 27.2 Å². The Hall–Kier alpha value is -4.34. The van der Waals surface area contributed by atoms with Crippen LogP contribution in [0.25, 0.3) is 16.6 Å². The molecular weight excluding hydrogens is 448 g/mol. The highest BCUT2D eigenvalue weighted by Crippen LogP contribution is 2.22. The maximum atomic E-state index is 13.1. The maximum Gasteiger partial charge on any atom is 0.269 e. The van der Waals surface area contributed by atoms with Crippen LogP contribution in [0.3, 0.4) is 0 Å². The lowest BCUT2D eigenvalue weighted by Gasteiger charge is -2.16. The van der Waals surface area contributed by atoms with Gasteiger partial charge in [0, 0.05) is 36.7 Å². The third kappa shape index (κ3) is 4.42. The Morgan fingerprint density at radius 3 is 2.60 bits per heavy atom. The summed E-state index contributed by atoms with van der Waals surface area (Å²) in [6.07, 6.45) is 4.93. The second kappa shape index (κ2) is 9.13. The summed E-state index contributed by atoms with van der Waals surface area (Å²) in [5.41, 5.74) is 2.03. The van der Waals surface area contributed by atoms with Crippen molar-refractivity contribution in [1.29, 1.82) is 0 Å². The number of nitrogens with one attached hydrogen (secondary N) is 1. The lowest BCUT2D eigenvalue weighted by molar-refractivity contribution is -0.384. The molecule has 0 saturated carbocycles. The zero-order valence-electron chi connectivity index (χ0n) is 19.2. The molecular formula is C25H24N6O4. The van der Waals surface area contributed by atoms with Gasteiger partial charge in [0.2, 0.25) is 0 Å². The Morgan fingerprint density at radius 1 is 1.06 bits per heavy atom. The van der Waals surface area contributed by atoms with Crippen LogP contribution in [0.2, 0.25) is 0 Å². The quantitative estimate of drug-likeness (QED) is 0.351. The van der Waals surface area contributed by atoms with Gasteiger partial charge in [0.15, 0.2) is 0 Å². The van der Waals surface area contributed by atoms with Gasteiger partial charge in [-0.3, -0.25) is 24.3 Å². The molecule has 0 unspecified atom stereocenters. The van der Waals surface area contributed by atoms with Crippen LogP contribution in [0.4, 0.5) is 11.5 Å². The van der Waals surface area contributed by atoms with E-state index in [0.717, 1.165) is 37.9 Å². The van der Waals surface area contributed by atoms with Gasteiger partial charge in [-0.2, -0.15) is 5.10 Å². The summed E-state index contributed by atoms with van der Waals surface area (Å²) in [5, 5.41) is 18.7. The normalized spacial score (nSPS) is 13.6. The molecule has 0 atom stereocenters. The smallest absolute Gasteiger partial charge is 0.269 e. The van der Waals surface area contributed by atoms with E-state index in [2.05, 4.69) is 10.4 Å². The van der Waals surface area contributed by atoms with Gasteiger partial charge >= 0.3 is 0 Å². The Kier molecular flexibility index (Phi) is 5.86. The summed E-state index contributed by atoms with van der Waals surface area (Å²) in [7, 11) is 0. The van der Waals surface area contributed by atoms with Crippen LogP contribution in [0.15, 0.2) is 53.3 Å². The van der Waals surface area contributed by atoms with E-state index in [0.29, 0.717) is 40.2 Å². The number of aryl methyl sites for hydroxylation is 2. The number of fused-ring (bicyclic) bond motifs is 2. The van der Waals surface area contributed by atoms with Gasteiger partial charge in [-0.25, -0.2) is 9.67 Å². The number of carbonyl (C=O) groups excluding carboxylic acids is 1. The zero-order valence-corrected chi connectivity index (χ0v) is 19.2. The second-order valence-corrected chi connectivity index (χ2v) is 8.69. The topological polar surface area (TPSA) is 125 Å². The number of non-ortho nitro benzene ring substituents is 1. The van der Waals surface area contributed by atoms with Gasteiger partial charge in [-0.15, -0.1) is 0 Å². The van der Waals surface area contributed by atoms with Crippen molar-refractivity contribution >= 4 is 28.3 Å². The average Bonchev–Trinajstić information content (AvgIpc) is 3.19. The standard InChI is InChI=1S/C25H24N6O4/c1-16-14-23(30(28-16)18-8-10-19(11-9-18)31(34)35)27-24(32)17-7-12-20-21(15-17)26-22-6-4-2-3-5-13-29(22)25(20)33/h7-12,14-15H,2-6,13H2,1H3,(H,27,32). The minimum Gasteiger partial charge on any atom is -0.306 e. The van der Waals surface area contributed by atoms with E-state index in [-0.39, 0.29) is 17.2 Å². The molecule has 0 saturated heterocycles. The highest BCUT2D eigenvalue weighted by molar-refractivity contribution is 6.05. The van der Waals surface area contributed by atoms with Gasteiger partial charge < -0.3 is 5.32 Å². The molecule has 0 fully saturated rings. The van der Waals surface area contributed by atoms with E-state index < -0.39 is 4.92 Å². The van der Waals surface area contributed by atoms with Crippen molar-refractivity contribution in [2.24, 2.45) is 0 Å². The number of amides is 1. The summed E-state index contributed by atoms with van der Waals surface area (Å²) in [4.78, 5) is 41.4. The largest absolute Gasteiger partial charge is 0.306 e. The Bertz CT molecular complexity index is 1500. The predicted molar refractivity (Wildman–Crippen MR) is 131 cm³/mol. The maximum absolute atomic E-state index is 13.1. The third-order valence-corrected chi connectivity index (χ3v) is 6.21. The van der Waals surface area contributed by atoms with Crippen LogP contribution >= 0.6 is 0 Å². The molecule has 1 N–H and O–H groups in total. The van der Waals surface area contributed by atoms with Crippen molar-refractivity contribution in [2.45, 2.75) is 45.6 Å². The molecule has 2 aromatic heterocycles. The zero-order chi connectivity index (χ0) is 24.5. The van der Waals surface area contributed by atoms with Crippen LogP contribution in [0.5, 0.6) is 0 Å². The third-order valence-electron chi connectivity index (χ3n) is 6.21. The first-order valence-corrected chi connectivity index (χ1v) is 11.6. The number of nitro benzene ring substituents is 1. The Balaban J connectivity index is 1.46. The van der Waals surface area contributed by atoms with Crippen LogP contribution in [-0.4, -0.2) is 30.2 Å². The fourth-order valence-electron chi connectivity index (χ4n) is 4.43. The SMILES string of the molecule is Cc1cc(NC(=O)c2ccc3c(=O)n4c(nc3c2)CCCCCC4)n(-c2ccc([N+](=O)[O-])cc2)n1. The van der Waals surface area contributed by atoms with Crippen LogP contribution in [0.1, 0.15) is 47.6 Å². The van der Waals surface area contributed by atoms with E-state index in [4.69, 9.17) is 4.98 Å². The summed E-state index contributed by atoms with van der Waals surface area (Å²) in [6.45, 7) is 2.46. The average molecular weight is 473 g/mol. The molecule has 10 heteroatoms. The van der Waals surface area contributed by atoms with E-state index in [9.17, 15) is 19.7 Å². The van der Waals surface area contributed by atoms with E-state index in [1.54, 1.807) is 47.9 Å². The van der Waals surface area contributed by atoms with Crippen molar-refractivity contribution in [1.82, 2.24) is 19.3 Å². The number of anilines is 1. The second-order valence-electron chi connectivity index (χ2n) is 8.69. The first kappa shape index (κ1) is 22.5. The number of nitro groups is 1. The van der Waals surface area contributed by atoms with Crippen molar-refractivity contribution in [3.8, 4) is 5.69 Å². The van der Waals surface area contributed by atoms with Crippen LogP contribution in [-0.2, 0) is 13.0 Å². The Morgan fingerprint density at radius 2 is 1.83 bits per heavy atom. The summed E-state index contributed by atoms with van der Waals surface area (Å²) in [6, 6.07) is 12.6. The van der Waals surface area contributed by atoms with Crippen molar-refractivity contribution in [3.05, 3.63) is 86.1 Å². The Labute approximate surface area is 200 Å². The van der Waals surface area contributed by atoms with Crippen molar-refractivity contribution < 1.29 is 9.72 Å². The minimum absolute atomic E-state index is 0.0312. The first-order chi connectivity index (χ1) is 16.9. The number of aromatic nitrogens is 4. The number of carbonyl (C=O) groups is 1. The van der Waals surface area contributed by atoms with Gasteiger partial charge in [-0.05, 0) is 50.1 Å². The summed E-state index contributed by atoms with van der Waals surface area (Å²) < 4.78 is 3.29. The summed E-state index contributed by atoms with van der Waals surface area (Å²) >= 11 is 0. The molecule has 35 heavy (non-hydrogen) atoms. The number of benzene rings is 2. The van der Waals surface area contributed by atoms with E-state index >= 15 is 0 Å². The van der Waals surface area contributed by atoms with Gasteiger partial charge in [-0.1, -0.05) is 12.8 Å². The minimum atomic E-state index is -0.471. The predicted octanol–water partition coefficient (Wildman–Crippen LogP) is 4.17. The fourth-order valence-corrected chi connectivity index (χ4v) is 4.43. The molecule has 0 radical (unpaired) electrons. The summed E-state index contributed by atoms with van der Waals surface area (Å²) in [5.74, 6) is 0.822. The molecule has 2 aromatic carbocycles. The molecule has 5 rings (SSSR count). The molecule has 3 heterocycles. The molecule has 10 nitrogen and oxygen atoms in total. The number of hydrogen-bond acceptors (Lipinski definition) is 6. The molecule has 4 aromatic rings. The highest BCUT2D eigenvalue weighted by Gasteiger charge is 2.17. The van der Waals surface area contributed by atoms with E-state index in [1.165, 1.54) is 16.8 Å². The molecule has 0 aliphatic carbocycles. The van der Waals surface area contributed by atoms with Gasteiger partial charge in [0.1, 0.15) is 11.6 Å². The number of nitrogens with zero attached hydrogens (tertiary/aromatic N) is 5. The lowest BCUT2D eigenvalue weighted by Crippen LogP contribution is -2.26. The molecule has 1 aliphatic heterocycles. The number of hydrogen-bond donors (Lipinski definition) is 1. The molecule has 0 bridgehead atoms. The van der Waals surface area contributed by atoms with Crippen LogP contribution in [0, 0.1) is 17.0 Å². The monoisotopic (exact) mass is 472 g/mol. The van der Waals surface area contributed by atoms with Crippen molar-refractivity contribution in [2.75, 3.05) is 5.32 Å². The fraction of sp³-hybridized carbons (Fsp3) is 0.280.